The third-order valence-corrected chi connectivity index (χ3v) is 3.20. The van der Waals surface area contributed by atoms with Gasteiger partial charge in [-0.2, -0.15) is 0 Å². The average molecular weight is 262 g/mol. The lowest BCUT2D eigenvalue weighted by Crippen LogP contribution is -2.26. The molecule has 1 aromatic carbocycles. The molecule has 0 spiro atoms. The molecule has 1 aromatic rings. The first kappa shape index (κ1) is 15.6. The molecule has 1 rings (SSSR count). The standard InChI is InChI=1S/C16H26N2O/c1-4-6-7-14(3)17-15-8-10-16(11-9-15)18(5-2)12-13-19/h4,8-11,14,17,19H,1,5-7,12-13H2,2-3H3. The molecular formula is C16H26N2O. The number of anilines is 2. The van der Waals surface area contributed by atoms with Gasteiger partial charge >= 0.3 is 0 Å². The molecule has 0 radical (unpaired) electrons. The Morgan fingerprint density at radius 3 is 2.58 bits per heavy atom. The van der Waals surface area contributed by atoms with E-state index >= 15 is 0 Å². The Labute approximate surface area is 116 Å². The van der Waals surface area contributed by atoms with Crippen LogP contribution in [0.1, 0.15) is 26.7 Å². The maximum absolute atomic E-state index is 9.02. The van der Waals surface area contributed by atoms with E-state index in [-0.39, 0.29) is 6.61 Å². The van der Waals surface area contributed by atoms with Crippen LogP contribution in [0.3, 0.4) is 0 Å². The minimum atomic E-state index is 0.187. The molecule has 1 atom stereocenters. The van der Waals surface area contributed by atoms with Gasteiger partial charge in [0.05, 0.1) is 6.61 Å². The van der Waals surface area contributed by atoms with E-state index in [9.17, 15) is 0 Å². The second kappa shape index (κ2) is 8.59. The van der Waals surface area contributed by atoms with Gasteiger partial charge in [-0.05, 0) is 51.0 Å². The van der Waals surface area contributed by atoms with Crippen molar-refractivity contribution in [2.24, 2.45) is 0 Å². The van der Waals surface area contributed by atoms with Gasteiger partial charge in [-0.1, -0.05) is 6.08 Å². The summed E-state index contributed by atoms with van der Waals surface area (Å²) in [5.74, 6) is 0. The number of hydrogen-bond acceptors (Lipinski definition) is 3. The fourth-order valence-electron chi connectivity index (χ4n) is 2.08. The molecule has 3 nitrogen and oxygen atoms in total. The summed E-state index contributed by atoms with van der Waals surface area (Å²) in [4.78, 5) is 2.16. The quantitative estimate of drug-likeness (QED) is 0.670. The van der Waals surface area contributed by atoms with Crippen LogP contribution >= 0.6 is 0 Å². The van der Waals surface area contributed by atoms with E-state index in [4.69, 9.17) is 5.11 Å². The Morgan fingerprint density at radius 2 is 2.05 bits per heavy atom. The third-order valence-electron chi connectivity index (χ3n) is 3.20. The average Bonchev–Trinajstić information content (AvgIpc) is 2.43. The molecule has 0 fully saturated rings. The number of likely N-dealkylation sites (N-methyl/N-ethyl adjacent to an activating group) is 1. The number of allylic oxidation sites excluding steroid dienone is 1. The Hall–Kier alpha value is -1.48. The van der Waals surface area contributed by atoms with E-state index in [0.717, 1.165) is 30.8 Å². The fourth-order valence-corrected chi connectivity index (χ4v) is 2.08. The zero-order chi connectivity index (χ0) is 14.1. The highest BCUT2D eigenvalue weighted by atomic mass is 16.3. The largest absolute Gasteiger partial charge is 0.395 e. The van der Waals surface area contributed by atoms with Crippen molar-refractivity contribution < 1.29 is 5.11 Å². The normalized spacial score (nSPS) is 11.9. The topological polar surface area (TPSA) is 35.5 Å². The molecule has 1 unspecified atom stereocenters. The van der Waals surface area contributed by atoms with Crippen molar-refractivity contribution in [3.05, 3.63) is 36.9 Å². The van der Waals surface area contributed by atoms with Gasteiger partial charge in [-0.3, -0.25) is 0 Å². The Morgan fingerprint density at radius 1 is 1.37 bits per heavy atom. The van der Waals surface area contributed by atoms with Crippen molar-refractivity contribution in [2.45, 2.75) is 32.7 Å². The second-order valence-corrected chi connectivity index (χ2v) is 4.76. The summed E-state index contributed by atoms with van der Waals surface area (Å²) in [5.41, 5.74) is 2.29. The molecule has 2 N–H and O–H groups in total. The molecule has 0 aliphatic rings. The molecule has 0 saturated heterocycles. The van der Waals surface area contributed by atoms with Gasteiger partial charge in [0.1, 0.15) is 0 Å². The molecular weight excluding hydrogens is 236 g/mol. The zero-order valence-corrected chi connectivity index (χ0v) is 12.1. The molecule has 0 aliphatic carbocycles. The second-order valence-electron chi connectivity index (χ2n) is 4.76. The Balaban J connectivity index is 2.57. The maximum Gasteiger partial charge on any atom is 0.0606 e. The van der Waals surface area contributed by atoms with Crippen molar-refractivity contribution in [3.8, 4) is 0 Å². The van der Waals surface area contributed by atoms with E-state index in [1.54, 1.807) is 0 Å². The Bertz CT molecular complexity index is 362. The molecule has 0 aromatic heterocycles. The van der Waals surface area contributed by atoms with E-state index < -0.39 is 0 Å². The summed E-state index contributed by atoms with van der Waals surface area (Å²) < 4.78 is 0. The number of aliphatic hydroxyl groups excluding tert-OH is 1. The maximum atomic E-state index is 9.02. The van der Waals surface area contributed by atoms with Crippen molar-refractivity contribution >= 4 is 11.4 Å². The third kappa shape index (κ3) is 5.35. The van der Waals surface area contributed by atoms with Crippen molar-refractivity contribution in [3.63, 3.8) is 0 Å². The van der Waals surface area contributed by atoms with Gasteiger partial charge in [0, 0.05) is 30.5 Å². The van der Waals surface area contributed by atoms with Crippen molar-refractivity contribution in [2.75, 3.05) is 29.9 Å². The smallest absolute Gasteiger partial charge is 0.0606 e. The lowest BCUT2D eigenvalue weighted by Gasteiger charge is -2.22. The molecule has 19 heavy (non-hydrogen) atoms. The summed E-state index contributed by atoms with van der Waals surface area (Å²) in [7, 11) is 0. The van der Waals surface area contributed by atoms with Gasteiger partial charge in [0.25, 0.3) is 0 Å². The summed E-state index contributed by atoms with van der Waals surface area (Å²) in [6.07, 6.45) is 4.08. The highest BCUT2D eigenvalue weighted by Gasteiger charge is 2.04. The number of rotatable bonds is 9. The molecule has 0 aliphatic heterocycles. The minimum absolute atomic E-state index is 0.187. The van der Waals surface area contributed by atoms with Crippen LogP contribution in [0.15, 0.2) is 36.9 Å². The molecule has 3 heteroatoms. The van der Waals surface area contributed by atoms with Crippen LogP contribution in [-0.4, -0.2) is 30.8 Å². The van der Waals surface area contributed by atoms with Gasteiger partial charge in [0.15, 0.2) is 0 Å². The van der Waals surface area contributed by atoms with E-state index in [0.29, 0.717) is 12.6 Å². The van der Waals surface area contributed by atoms with Crippen LogP contribution in [0, 0.1) is 0 Å². The van der Waals surface area contributed by atoms with Crippen molar-refractivity contribution in [1.29, 1.82) is 0 Å². The highest BCUT2D eigenvalue weighted by molar-refractivity contribution is 5.55. The van der Waals surface area contributed by atoms with Crippen LogP contribution in [0.2, 0.25) is 0 Å². The number of aliphatic hydroxyl groups is 1. The van der Waals surface area contributed by atoms with E-state index in [1.807, 2.05) is 6.08 Å². The fraction of sp³-hybridized carbons (Fsp3) is 0.500. The zero-order valence-electron chi connectivity index (χ0n) is 12.1. The summed E-state index contributed by atoms with van der Waals surface area (Å²) in [5, 5.41) is 12.5. The van der Waals surface area contributed by atoms with Gasteiger partial charge in [-0.25, -0.2) is 0 Å². The van der Waals surface area contributed by atoms with Gasteiger partial charge < -0.3 is 15.3 Å². The molecule has 0 bridgehead atoms. The Kier molecular flexibility index (Phi) is 7.04. The first-order chi connectivity index (χ1) is 9.21. The minimum Gasteiger partial charge on any atom is -0.395 e. The lowest BCUT2D eigenvalue weighted by molar-refractivity contribution is 0.302. The number of nitrogens with zero attached hydrogens (tertiary/aromatic N) is 1. The van der Waals surface area contributed by atoms with Gasteiger partial charge in [-0.15, -0.1) is 6.58 Å². The van der Waals surface area contributed by atoms with E-state index in [1.165, 1.54) is 0 Å². The number of hydrogen-bond donors (Lipinski definition) is 2. The van der Waals surface area contributed by atoms with Gasteiger partial charge in [0.2, 0.25) is 0 Å². The molecule has 106 valence electrons. The molecule has 0 amide bonds. The predicted octanol–water partition coefficient (Wildman–Crippen LogP) is 3.27. The highest BCUT2D eigenvalue weighted by Crippen LogP contribution is 2.18. The monoisotopic (exact) mass is 262 g/mol. The number of nitrogens with one attached hydrogen (secondary N) is 1. The van der Waals surface area contributed by atoms with E-state index in [2.05, 4.69) is 54.9 Å². The SMILES string of the molecule is C=CCCC(C)Nc1ccc(N(CC)CCO)cc1. The first-order valence-electron chi connectivity index (χ1n) is 7.04. The van der Waals surface area contributed by atoms with Crippen LogP contribution in [0.5, 0.6) is 0 Å². The first-order valence-corrected chi connectivity index (χ1v) is 7.04. The molecule has 0 saturated carbocycles. The summed E-state index contributed by atoms with van der Waals surface area (Å²) in [6, 6.07) is 8.84. The summed E-state index contributed by atoms with van der Waals surface area (Å²) >= 11 is 0. The predicted molar refractivity (Wildman–Crippen MR) is 83.9 cm³/mol. The number of benzene rings is 1. The summed E-state index contributed by atoms with van der Waals surface area (Å²) in [6.45, 7) is 9.79. The van der Waals surface area contributed by atoms with Crippen LogP contribution in [-0.2, 0) is 0 Å². The van der Waals surface area contributed by atoms with Crippen LogP contribution < -0.4 is 10.2 Å². The lowest BCUT2D eigenvalue weighted by atomic mass is 10.1. The van der Waals surface area contributed by atoms with Crippen LogP contribution in [0.25, 0.3) is 0 Å². The van der Waals surface area contributed by atoms with Crippen LogP contribution in [0.4, 0.5) is 11.4 Å². The van der Waals surface area contributed by atoms with Crippen molar-refractivity contribution in [1.82, 2.24) is 0 Å². The molecule has 0 heterocycles.